The van der Waals surface area contributed by atoms with Crippen molar-refractivity contribution in [1.29, 1.82) is 0 Å². The van der Waals surface area contributed by atoms with Crippen molar-refractivity contribution < 1.29 is 0 Å². The van der Waals surface area contributed by atoms with Crippen molar-refractivity contribution in [2.75, 3.05) is 0 Å². The van der Waals surface area contributed by atoms with Gasteiger partial charge in [0.1, 0.15) is 0 Å². The second-order valence-corrected chi connectivity index (χ2v) is 3.02. The van der Waals surface area contributed by atoms with Gasteiger partial charge in [-0.3, -0.25) is 0 Å². The summed E-state index contributed by atoms with van der Waals surface area (Å²) in [6.07, 6.45) is 9.90. The minimum Gasteiger partial charge on any atom is -0.345 e. The smallest absolute Gasteiger partial charge is 0.287 e. The maximum Gasteiger partial charge on any atom is 0.287 e. The first-order valence-electron chi connectivity index (χ1n) is 4.80. The maximum absolute atomic E-state index is 4.55. The Balaban J connectivity index is 4.45. The molecule has 0 aliphatic carbocycles. The Bertz CT molecular complexity index is 231. The first-order valence-corrected chi connectivity index (χ1v) is 4.80. The molecule has 0 rings (SSSR count). The Hall–Kier alpha value is -1.31. The van der Waals surface area contributed by atoms with Crippen LogP contribution >= 0.6 is 0 Å². The number of nitrogens with zero attached hydrogens (tertiary/aromatic N) is 1. The van der Waals surface area contributed by atoms with Crippen LogP contribution in [0.1, 0.15) is 6.42 Å². The topological polar surface area (TPSA) is 12.4 Å². The van der Waals surface area contributed by atoms with Gasteiger partial charge in [-0.1, -0.05) is 24.8 Å². The predicted octanol–water partition coefficient (Wildman–Crippen LogP) is 3.55. The molecule has 0 aromatic rings. The molecule has 0 saturated carbocycles. The highest BCUT2D eigenvalue weighted by molar-refractivity contribution is 6.59. The lowest BCUT2D eigenvalue weighted by atomic mass is 9.57. The van der Waals surface area contributed by atoms with E-state index in [-0.39, 0.29) is 6.85 Å². The minimum atomic E-state index is 0.248. The fourth-order valence-electron chi connectivity index (χ4n) is 1.16. The second-order valence-electron chi connectivity index (χ2n) is 3.02. The quantitative estimate of drug-likeness (QED) is 0.313. The van der Waals surface area contributed by atoms with Crippen LogP contribution in [-0.4, -0.2) is 12.6 Å². The molecule has 0 aromatic carbocycles. The summed E-state index contributed by atoms with van der Waals surface area (Å²) in [5, 5.41) is 0. The molecule has 1 nitrogen and oxygen atoms in total. The lowest BCUT2D eigenvalue weighted by Crippen LogP contribution is -2.10. The lowest BCUT2D eigenvalue weighted by molar-refractivity contribution is 1.42. The van der Waals surface area contributed by atoms with E-state index >= 15 is 0 Å². The molecular weight excluding hydrogens is 169 g/mol. The van der Waals surface area contributed by atoms with Crippen LogP contribution in [0.3, 0.4) is 0 Å². The molecule has 0 fully saturated rings. The zero-order valence-corrected chi connectivity index (χ0v) is 8.78. The normalized spacial score (nSPS) is 10.4. The van der Waals surface area contributed by atoms with Gasteiger partial charge in [0.15, 0.2) is 0 Å². The van der Waals surface area contributed by atoms with E-state index in [1.54, 1.807) is 6.08 Å². The van der Waals surface area contributed by atoms with Crippen molar-refractivity contribution in [2.45, 2.75) is 19.1 Å². The molecule has 0 atom stereocenters. The molecule has 0 unspecified atom stereocenters. The van der Waals surface area contributed by atoms with Crippen LogP contribution in [0.15, 0.2) is 55.5 Å². The zero-order valence-electron chi connectivity index (χ0n) is 8.78. The number of hydrogen-bond acceptors (Lipinski definition) is 1. The Kier molecular flexibility index (Phi) is 7.53. The number of rotatable bonds is 8. The summed E-state index contributed by atoms with van der Waals surface area (Å²) in [7, 11) is 0. The van der Waals surface area contributed by atoms with E-state index in [0.29, 0.717) is 0 Å². The molecule has 0 aliphatic rings. The SMILES string of the molecule is C=CCB(CC=C)/N=C(/C=C)CC=C. The van der Waals surface area contributed by atoms with E-state index in [9.17, 15) is 0 Å². The molecule has 0 spiro atoms. The van der Waals surface area contributed by atoms with E-state index in [1.165, 1.54) is 0 Å². The van der Waals surface area contributed by atoms with E-state index in [1.807, 2.05) is 18.2 Å². The van der Waals surface area contributed by atoms with Gasteiger partial charge in [0.2, 0.25) is 0 Å². The van der Waals surface area contributed by atoms with Gasteiger partial charge in [-0.05, 0) is 18.7 Å². The largest absolute Gasteiger partial charge is 0.345 e. The summed E-state index contributed by atoms with van der Waals surface area (Å²) >= 11 is 0. The summed E-state index contributed by atoms with van der Waals surface area (Å²) in [6.45, 7) is 15.1. The minimum absolute atomic E-state index is 0.248. The molecule has 0 saturated heterocycles. The average Bonchev–Trinajstić information content (AvgIpc) is 2.18. The van der Waals surface area contributed by atoms with Crippen LogP contribution in [0.25, 0.3) is 0 Å². The summed E-state index contributed by atoms with van der Waals surface area (Å²) in [5.74, 6) is 0. The Morgan fingerprint density at radius 1 is 1.00 bits per heavy atom. The highest BCUT2D eigenvalue weighted by Gasteiger charge is 2.08. The monoisotopic (exact) mass is 187 g/mol. The number of hydrogen-bond donors (Lipinski definition) is 0. The van der Waals surface area contributed by atoms with Gasteiger partial charge < -0.3 is 4.90 Å². The molecule has 0 aromatic heterocycles. The molecule has 0 heterocycles. The zero-order chi connectivity index (χ0) is 10.8. The van der Waals surface area contributed by atoms with Gasteiger partial charge in [0.05, 0.1) is 0 Å². The average molecular weight is 187 g/mol. The van der Waals surface area contributed by atoms with Crippen molar-refractivity contribution in [3.63, 3.8) is 0 Å². The van der Waals surface area contributed by atoms with Gasteiger partial charge in [-0.25, -0.2) is 0 Å². The molecule has 0 bridgehead atoms. The van der Waals surface area contributed by atoms with Crippen molar-refractivity contribution in [3.05, 3.63) is 50.6 Å². The molecule has 14 heavy (non-hydrogen) atoms. The molecule has 2 heteroatoms. The van der Waals surface area contributed by atoms with E-state index in [2.05, 4.69) is 31.2 Å². The van der Waals surface area contributed by atoms with Gasteiger partial charge in [0, 0.05) is 12.1 Å². The van der Waals surface area contributed by atoms with Gasteiger partial charge >= 0.3 is 0 Å². The summed E-state index contributed by atoms with van der Waals surface area (Å²) in [5.41, 5.74) is 0.980. The first kappa shape index (κ1) is 12.7. The third kappa shape index (κ3) is 5.36. The summed E-state index contributed by atoms with van der Waals surface area (Å²) in [4.78, 5) is 4.55. The molecular formula is C12H18BN. The van der Waals surface area contributed by atoms with E-state index in [0.717, 1.165) is 24.8 Å². The van der Waals surface area contributed by atoms with E-state index < -0.39 is 0 Å². The highest BCUT2D eigenvalue weighted by Crippen LogP contribution is 2.05. The molecule has 0 amide bonds. The highest BCUT2D eigenvalue weighted by atomic mass is 14.6. The lowest BCUT2D eigenvalue weighted by Gasteiger charge is -2.04. The standard InChI is InChI=1S/C12H18BN/c1-5-9-12(8-4)14-13(10-6-2)11-7-3/h5-8H,1-4,9-11H2/b14-12-. The predicted molar refractivity (Wildman–Crippen MR) is 68.2 cm³/mol. The van der Waals surface area contributed by atoms with Crippen LogP contribution in [0.5, 0.6) is 0 Å². The third-order valence-corrected chi connectivity index (χ3v) is 1.81. The Labute approximate surface area is 87.7 Å². The van der Waals surface area contributed by atoms with E-state index in [4.69, 9.17) is 0 Å². The van der Waals surface area contributed by atoms with Gasteiger partial charge in [-0.2, -0.15) is 0 Å². The summed E-state index contributed by atoms with van der Waals surface area (Å²) < 4.78 is 0. The fourth-order valence-corrected chi connectivity index (χ4v) is 1.16. The maximum atomic E-state index is 4.55. The van der Waals surface area contributed by atoms with Crippen molar-refractivity contribution >= 4 is 12.6 Å². The first-order chi connectivity index (χ1) is 6.78. The van der Waals surface area contributed by atoms with Crippen LogP contribution in [0.4, 0.5) is 0 Å². The van der Waals surface area contributed by atoms with Gasteiger partial charge in [-0.15, -0.1) is 19.7 Å². The fraction of sp³-hybridized carbons (Fsp3) is 0.250. The second kappa shape index (κ2) is 8.30. The molecule has 74 valence electrons. The Morgan fingerprint density at radius 3 is 1.93 bits per heavy atom. The van der Waals surface area contributed by atoms with Crippen LogP contribution in [0, 0.1) is 0 Å². The van der Waals surface area contributed by atoms with Gasteiger partial charge in [0.25, 0.3) is 6.85 Å². The number of allylic oxidation sites excluding steroid dienone is 4. The molecule has 0 radical (unpaired) electrons. The molecule has 0 aliphatic heterocycles. The molecule has 0 N–H and O–H groups in total. The third-order valence-electron chi connectivity index (χ3n) is 1.81. The van der Waals surface area contributed by atoms with Crippen molar-refractivity contribution in [1.82, 2.24) is 0 Å². The summed E-state index contributed by atoms with van der Waals surface area (Å²) in [6, 6.07) is 0. The van der Waals surface area contributed by atoms with Crippen LogP contribution in [-0.2, 0) is 0 Å². The van der Waals surface area contributed by atoms with Crippen molar-refractivity contribution in [2.24, 2.45) is 4.90 Å². The van der Waals surface area contributed by atoms with Crippen LogP contribution in [0.2, 0.25) is 12.6 Å². The van der Waals surface area contributed by atoms with Crippen molar-refractivity contribution in [3.8, 4) is 0 Å². The Morgan fingerprint density at radius 2 is 1.57 bits per heavy atom. The van der Waals surface area contributed by atoms with Crippen LogP contribution < -0.4 is 0 Å².